The van der Waals surface area contributed by atoms with Crippen LogP contribution in [0.15, 0.2) is 30.5 Å². The van der Waals surface area contributed by atoms with Gasteiger partial charge in [-0.1, -0.05) is 18.2 Å². The topological polar surface area (TPSA) is 96.0 Å². The summed E-state index contributed by atoms with van der Waals surface area (Å²) >= 11 is 0. The predicted molar refractivity (Wildman–Crippen MR) is 118 cm³/mol. The molecule has 2 aromatic rings. The van der Waals surface area contributed by atoms with E-state index in [4.69, 9.17) is 18.1 Å². The first-order valence-electron chi connectivity index (χ1n) is 10.3. The molecule has 0 amide bonds. The van der Waals surface area contributed by atoms with Gasteiger partial charge in [0.1, 0.15) is 5.78 Å². The molecule has 166 valence electrons. The Bertz CT molecular complexity index is 949. The molecule has 0 bridgehead atoms. The molecular weight excluding hydrogens is 426 g/mol. The maximum absolute atomic E-state index is 13.8. The number of hydrogen-bond acceptors (Lipinski definition) is 8. The monoisotopic (exact) mass is 456 g/mol. The van der Waals surface area contributed by atoms with Gasteiger partial charge in [-0.3, -0.25) is 14.1 Å². The first kappa shape index (κ1) is 23.4. The average molecular weight is 456 g/mol. The lowest BCUT2D eigenvalue weighted by Crippen LogP contribution is -2.31. The summed E-state index contributed by atoms with van der Waals surface area (Å²) in [6, 6.07) is 7.63. The second kappa shape index (κ2) is 9.90. The Labute approximate surface area is 177 Å². The zero-order chi connectivity index (χ0) is 21.8. The molecule has 0 aliphatic carbocycles. The molecule has 0 radical (unpaired) electrons. The molecular formula is C20H30N2O6P2. The van der Waals surface area contributed by atoms with Crippen LogP contribution in [0.5, 0.6) is 0 Å². The molecule has 10 heteroatoms. The summed E-state index contributed by atoms with van der Waals surface area (Å²) in [7, 11) is -7.09. The van der Waals surface area contributed by atoms with Gasteiger partial charge in [0, 0.05) is 11.6 Å². The van der Waals surface area contributed by atoms with Crippen LogP contribution in [0, 0.1) is 0 Å². The summed E-state index contributed by atoms with van der Waals surface area (Å²) in [6.45, 7) is 8.02. The third-order valence-electron chi connectivity index (χ3n) is 4.92. The quantitative estimate of drug-likeness (QED) is 0.438. The van der Waals surface area contributed by atoms with Crippen molar-refractivity contribution in [3.8, 4) is 0 Å². The Morgan fingerprint density at radius 2 is 1.53 bits per heavy atom. The second-order valence-corrected chi connectivity index (χ2v) is 11.2. The first-order chi connectivity index (χ1) is 14.4. The molecule has 0 saturated carbocycles. The number of benzene rings is 1. The summed E-state index contributed by atoms with van der Waals surface area (Å²) in [5.41, 5.74) is 1.50. The average Bonchev–Trinajstić information content (AvgIpc) is 2.73. The smallest absolute Gasteiger partial charge is 0.352 e. The molecule has 1 aromatic heterocycles. The fourth-order valence-electron chi connectivity index (χ4n) is 3.82. The summed E-state index contributed by atoms with van der Waals surface area (Å²) < 4.78 is 49.9. The van der Waals surface area contributed by atoms with Crippen molar-refractivity contribution in [3.63, 3.8) is 0 Å². The lowest BCUT2D eigenvalue weighted by Gasteiger charge is -2.38. The summed E-state index contributed by atoms with van der Waals surface area (Å²) in [5.74, 6) is -0.711. The minimum absolute atomic E-state index is 0.222. The van der Waals surface area contributed by atoms with Crippen LogP contribution in [0.3, 0.4) is 0 Å². The van der Waals surface area contributed by atoms with E-state index in [2.05, 4.69) is 10.3 Å². The van der Waals surface area contributed by atoms with Gasteiger partial charge >= 0.3 is 15.2 Å². The van der Waals surface area contributed by atoms with Crippen molar-refractivity contribution < 1.29 is 27.2 Å². The minimum Gasteiger partial charge on any atom is -0.369 e. The molecule has 2 heterocycles. The van der Waals surface area contributed by atoms with Crippen molar-refractivity contribution in [2.75, 3.05) is 31.7 Å². The Morgan fingerprint density at radius 1 is 0.933 bits per heavy atom. The van der Waals surface area contributed by atoms with Crippen LogP contribution in [0.2, 0.25) is 0 Å². The van der Waals surface area contributed by atoms with Crippen LogP contribution >= 0.6 is 15.2 Å². The Hall–Kier alpha value is -1.27. The maximum atomic E-state index is 13.8. The third-order valence-corrected chi connectivity index (χ3v) is 9.75. The first-order valence-corrected chi connectivity index (χ1v) is 13.6. The van der Waals surface area contributed by atoms with Gasteiger partial charge in [-0.05, 0) is 45.7 Å². The molecule has 2 atom stereocenters. The Morgan fingerprint density at radius 3 is 2.13 bits per heavy atom. The van der Waals surface area contributed by atoms with Gasteiger partial charge in [0.25, 0.3) is 0 Å². The highest BCUT2D eigenvalue weighted by molar-refractivity contribution is 7.55. The van der Waals surface area contributed by atoms with E-state index in [-0.39, 0.29) is 32.8 Å². The van der Waals surface area contributed by atoms with Crippen LogP contribution < -0.4 is 5.32 Å². The number of pyridine rings is 1. The van der Waals surface area contributed by atoms with Gasteiger partial charge in [0.15, 0.2) is 0 Å². The molecule has 1 aromatic carbocycles. The molecule has 30 heavy (non-hydrogen) atoms. The number of nitrogens with one attached hydrogen (secondary N) is 1. The van der Waals surface area contributed by atoms with Crippen LogP contribution in [0.25, 0.3) is 10.9 Å². The lowest BCUT2D eigenvalue weighted by molar-refractivity contribution is 0.203. The van der Waals surface area contributed by atoms with Crippen molar-refractivity contribution >= 4 is 31.8 Å². The molecule has 1 aliphatic heterocycles. The number of aromatic nitrogens is 1. The summed E-state index contributed by atoms with van der Waals surface area (Å²) in [6.07, 6.45) is 1.91. The van der Waals surface area contributed by atoms with E-state index in [9.17, 15) is 9.13 Å². The molecule has 8 nitrogen and oxygen atoms in total. The molecule has 1 aliphatic rings. The third kappa shape index (κ3) is 4.50. The van der Waals surface area contributed by atoms with E-state index in [1.165, 1.54) is 0 Å². The number of anilines is 1. The second-order valence-electron chi connectivity index (χ2n) is 6.77. The molecule has 0 spiro atoms. The van der Waals surface area contributed by atoms with Gasteiger partial charge in [-0.2, -0.15) is 0 Å². The molecule has 1 N–H and O–H groups in total. The fourth-order valence-corrected chi connectivity index (χ4v) is 8.07. The van der Waals surface area contributed by atoms with Crippen LogP contribution in [0.4, 0.5) is 5.69 Å². The van der Waals surface area contributed by atoms with Gasteiger partial charge in [0.05, 0.1) is 43.3 Å². The molecule has 0 fully saturated rings. The molecule has 0 saturated heterocycles. The Balaban J connectivity index is 2.19. The van der Waals surface area contributed by atoms with Gasteiger partial charge in [-0.15, -0.1) is 0 Å². The van der Waals surface area contributed by atoms with E-state index >= 15 is 0 Å². The van der Waals surface area contributed by atoms with E-state index in [0.29, 0.717) is 11.2 Å². The van der Waals surface area contributed by atoms with Crippen molar-refractivity contribution in [2.24, 2.45) is 0 Å². The largest absolute Gasteiger partial charge is 0.369 e. The highest BCUT2D eigenvalue weighted by Crippen LogP contribution is 2.69. The highest BCUT2D eigenvalue weighted by Gasteiger charge is 2.48. The SMILES string of the molecule is CCOP(=O)(OCC)C1CC(P(=O)(OCC)OCC)c2ccc3cccnc3c2N1. The highest BCUT2D eigenvalue weighted by atomic mass is 31.2. The van der Waals surface area contributed by atoms with Crippen LogP contribution in [-0.2, 0) is 27.2 Å². The predicted octanol–water partition coefficient (Wildman–Crippen LogP) is 5.95. The molecule has 3 rings (SSSR count). The van der Waals surface area contributed by atoms with Crippen LogP contribution in [0.1, 0.15) is 45.3 Å². The van der Waals surface area contributed by atoms with Gasteiger partial charge in [0.2, 0.25) is 0 Å². The number of fused-ring (bicyclic) bond motifs is 3. The van der Waals surface area contributed by atoms with Crippen molar-refractivity contribution in [2.45, 2.75) is 45.6 Å². The van der Waals surface area contributed by atoms with Crippen molar-refractivity contribution in [1.82, 2.24) is 4.98 Å². The molecule has 2 unspecified atom stereocenters. The van der Waals surface area contributed by atoms with Crippen molar-refractivity contribution in [1.29, 1.82) is 0 Å². The minimum atomic E-state index is -3.55. The summed E-state index contributed by atoms with van der Waals surface area (Å²) in [5, 5.41) is 4.24. The van der Waals surface area contributed by atoms with E-state index in [0.717, 1.165) is 10.9 Å². The number of nitrogens with zero attached hydrogens (tertiary/aromatic N) is 1. The van der Waals surface area contributed by atoms with Crippen molar-refractivity contribution in [3.05, 3.63) is 36.0 Å². The van der Waals surface area contributed by atoms with Crippen LogP contribution in [-0.4, -0.2) is 37.2 Å². The maximum Gasteiger partial charge on any atom is 0.352 e. The lowest BCUT2D eigenvalue weighted by atomic mass is 10.00. The van der Waals surface area contributed by atoms with Gasteiger partial charge < -0.3 is 23.4 Å². The van der Waals surface area contributed by atoms with E-state index in [1.54, 1.807) is 33.9 Å². The normalized spacial score (nSPS) is 19.5. The van der Waals surface area contributed by atoms with Gasteiger partial charge in [-0.25, -0.2) is 0 Å². The summed E-state index contributed by atoms with van der Waals surface area (Å²) in [4.78, 5) is 4.51. The Kier molecular flexibility index (Phi) is 7.72. The van der Waals surface area contributed by atoms with E-state index in [1.807, 2.05) is 24.3 Å². The zero-order valence-electron chi connectivity index (χ0n) is 17.9. The fraction of sp³-hybridized carbons (Fsp3) is 0.550. The standard InChI is InChI=1S/C20H30N2O6P2/c1-5-25-29(23,26-6-2)17-14-18(30(24,27-7-3)28-8-4)22-20-16(17)12-11-15-10-9-13-21-19(15)20/h9-13,17-18,22H,5-8,14H2,1-4H3. The van der Waals surface area contributed by atoms with E-state index < -0.39 is 26.6 Å². The number of hydrogen-bond donors (Lipinski definition) is 1. The zero-order valence-corrected chi connectivity index (χ0v) is 19.7. The number of rotatable bonds is 10.